The second-order valence-corrected chi connectivity index (χ2v) is 8.84. The summed E-state index contributed by atoms with van der Waals surface area (Å²) in [6, 6.07) is 14.2. The Morgan fingerprint density at radius 2 is 1.42 bits per heavy atom. The van der Waals surface area contributed by atoms with Crippen LogP contribution in [0.3, 0.4) is 0 Å². The molecule has 0 spiro atoms. The SMILES string of the molecule is CC[NH+](CC)CCC(=O)Nc1ccc2c(c1)N(C(=O)C[NH+](CC)CC)c1ccccc1CC2.O.[Cl-].[Cl-]. The van der Waals surface area contributed by atoms with Crippen molar-refractivity contribution < 1.29 is 49.7 Å². The summed E-state index contributed by atoms with van der Waals surface area (Å²) >= 11 is 0. The maximum Gasteiger partial charge on any atom is 0.286 e. The van der Waals surface area contributed by atoms with Crippen LogP contribution < -0.4 is 44.8 Å². The maximum absolute atomic E-state index is 13.6. The van der Waals surface area contributed by atoms with Crippen molar-refractivity contribution in [3.8, 4) is 0 Å². The topological polar surface area (TPSA) is 89.8 Å². The minimum atomic E-state index is 0. The Hall–Kier alpha value is -2.16. The number of para-hydroxylation sites is 1. The molecule has 1 aliphatic heterocycles. The Labute approximate surface area is 228 Å². The number of hydrogen-bond donors (Lipinski definition) is 3. The van der Waals surface area contributed by atoms with Crippen molar-refractivity contribution in [3.63, 3.8) is 0 Å². The van der Waals surface area contributed by atoms with Crippen LogP contribution in [-0.2, 0) is 22.4 Å². The molecule has 2 amide bonds. The second kappa shape index (κ2) is 16.6. The third-order valence-electron chi connectivity index (χ3n) is 6.86. The molecule has 7 nitrogen and oxygen atoms in total. The van der Waals surface area contributed by atoms with Gasteiger partial charge in [-0.05, 0) is 69.9 Å². The second-order valence-electron chi connectivity index (χ2n) is 8.84. The number of halogens is 2. The van der Waals surface area contributed by atoms with Gasteiger partial charge in [0, 0.05) is 5.69 Å². The van der Waals surface area contributed by atoms with Gasteiger partial charge in [-0.2, -0.15) is 0 Å². The molecular formula is C27H42Cl2N4O3. The molecule has 0 aromatic heterocycles. The van der Waals surface area contributed by atoms with E-state index in [1.165, 1.54) is 15.4 Å². The first kappa shape index (κ1) is 33.8. The Bertz CT molecular complexity index is 966. The Morgan fingerprint density at radius 3 is 2.03 bits per heavy atom. The summed E-state index contributed by atoms with van der Waals surface area (Å²) in [5.41, 5.74) is 4.93. The normalized spacial score (nSPS) is 11.9. The van der Waals surface area contributed by atoms with Gasteiger partial charge in [0.15, 0.2) is 6.54 Å². The Balaban J connectivity index is 0.00000408. The lowest BCUT2D eigenvalue weighted by Crippen LogP contribution is -3.12. The van der Waals surface area contributed by atoms with E-state index in [9.17, 15) is 9.59 Å². The van der Waals surface area contributed by atoms with Crippen LogP contribution in [0.25, 0.3) is 0 Å². The molecule has 3 rings (SSSR count). The number of carbonyl (C=O) groups is 2. The third kappa shape index (κ3) is 8.46. The number of fused-ring (bicyclic) bond motifs is 2. The number of rotatable bonds is 10. The van der Waals surface area contributed by atoms with Gasteiger partial charge in [-0.3, -0.25) is 14.5 Å². The van der Waals surface area contributed by atoms with E-state index in [0.29, 0.717) is 13.0 Å². The van der Waals surface area contributed by atoms with Crippen LogP contribution in [0, 0.1) is 0 Å². The molecule has 0 saturated carbocycles. The van der Waals surface area contributed by atoms with E-state index in [-0.39, 0.29) is 42.1 Å². The average Bonchev–Trinajstić information content (AvgIpc) is 2.99. The van der Waals surface area contributed by atoms with Gasteiger partial charge < -0.3 is 45.4 Å². The van der Waals surface area contributed by atoms with E-state index >= 15 is 0 Å². The molecule has 0 atom stereocenters. The highest BCUT2D eigenvalue weighted by Gasteiger charge is 2.28. The number of hydrogen-bond acceptors (Lipinski definition) is 2. The first-order valence-electron chi connectivity index (χ1n) is 12.5. The first-order valence-corrected chi connectivity index (χ1v) is 12.5. The van der Waals surface area contributed by atoms with Gasteiger partial charge >= 0.3 is 0 Å². The Morgan fingerprint density at radius 1 is 0.833 bits per heavy atom. The zero-order valence-corrected chi connectivity index (χ0v) is 23.4. The molecule has 0 bridgehead atoms. The van der Waals surface area contributed by atoms with Crippen LogP contribution in [-0.4, -0.2) is 56.6 Å². The number of nitrogens with zero attached hydrogens (tertiary/aromatic N) is 1. The predicted octanol–water partition coefficient (Wildman–Crippen LogP) is -5.19. The zero-order valence-electron chi connectivity index (χ0n) is 21.9. The molecule has 9 heteroatoms. The summed E-state index contributed by atoms with van der Waals surface area (Å²) in [4.78, 5) is 30.8. The van der Waals surface area contributed by atoms with Crippen LogP contribution in [0.5, 0.6) is 0 Å². The zero-order chi connectivity index (χ0) is 23.8. The van der Waals surface area contributed by atoms with Crippen LogP contribution in [0.4, 0.5) is 17.1 Å². The number of likely N-dealkylation sites (N-methyl/N-ethyl adjacent to an activating group) is 1. The van der Waals surface area contributed by atoms with E-state index < -0.39 is 0 Å². The number of anilines is 3. The quantitative estimate of drug-likeness (QED) is 0.281. The molecule has 202 valence electrons. The van der Waals surface area contributed by atoms with Gasteiger partial charge in [0.25, 0.3) is 5.91 Å². The van der Waals surface area contributed by atoms with Crippen LogP contribution in [0.1, 0.15) is 45.2 Å². The molecule has 5 N–H and O–H groups in total. The molecule has 0 saturated heterocycles. The largest absolute Gasteiger partial charge is 1.00 e. The molecule has 1 heterocycles. The van der Waals surface area contributed by atoms with Crippen molar-refractivity contribution in [1.82, 2.24) is 0 Å². The molecule has 1 aliphatic rings. The first-order chi connectivity index (χ1) is 16.0. The summed E-state index contributed by atoms with van der Waals surface area (Å²) in [7, 11) is 0. The van der Waals surface area contributed by atoms with Crippen molar-refractivity contribution in [1.29, 1.82) is 0 Å². The molecule has 0 radical (unpaired) electrons. The standard InChI is InChI=1S/C27H38N4O2.2ClH.H2O/c1-5-29(6-2)18-17-26(32)28-23-16-15-22-14-13-21-11-9-10-12-24(21)31(25(22)19-23)27(33)20-30(7-3)8-4;;;/h9-12,15-16,19H,5-8,13-14,17-18,20H2,1-4H3,(H,28,32);2*1H;1H2. The summed E-state index contributed by atoms with van der Waals surface area (Å²) in [6.45, 7) is 13.7. The van der Waals surface area contributed by atoms with E-state index in [1.807, 2.05) is 35.2 Å². The number of carbonyl (C=O) groups excluding carboxylic acids is 2. The van der Waals surface area contributed by atoms with Crippen molar-refractivity contribution in [3.05, 3.63) is 53.6 Å². The summed E-state index contributed by atoms with van der Waals surface area (Å²) in [6.07, 6.45) is 2.25. The van der Waals surface area contributed by atoms with E-state index in [0.717, 1.165) is 68.2 Å². The fourth-order valence-corrected chi connectivity index (χ4v) is 4.58. The van der Waals surface area contributed by atoms with Crippen LogP contribution >= 0.6 is 0 Å². The van der Waals surface area contributed by atoms with E-state index in [1.54, 1.807) is 0 Å². The highest BCUT2D eigenvalue weighted by atomic mass is 35.5. The van der Waals surface area contributed by atoms with E-state index in [2.05, 4.69) is 45.1 Å². The van der Waals surface area contributed by atoms with E-state index in [4.69, 9.17) is 0 Å². The number of nitrogens with one attached hydrogen (secondary N) is 3. The minimum Gasteiger partial charge on any atom is -1.00 e. The molecule has 0 fully saturated rings. The molecule has 0 unspecified atom stereocenters. The van der Waals surface area contributed by atoms with Crippen molar-refractivity contribution in [2.24, 2.45) is 0 Å². The number of quaternary nitrogens is 2. The molecule has 2 aromatic rings. The number of aryl methyl sites for hydroxylation is 2. The summed E-state index contributed by atoms with van der Waals surface area (Å²) in [5.74, 6) is 0.117. The van der Waals surface area contributed by atoms with Crippen LogP contribution in [0.2, 0.25) is 0 Å². The molecular weight excluding hydrogens is 499 g/mol. The van der Waals surface area contributed by atoms with Crippen molar-refractivity contribution >= 4 is 28.9 Å². The Kier molecular flexibility index (Phi) is 15.6. The predicted molar refractivity (Wildman–Crippen MR) is 138 cm³/mol. The lowest BCUT2D eigenvalue weighted by Gasteiger charge is -2.27. The summed E-state index contributed by atoms with van der Waals surface area (Å²) < 4.78 is 0. The maximum atomic E-state index is 13.6. The van der Waals surface area contributed by atoms with Gasteiger partial charge in [0.05, 0.1) is 50.5 Å². The highest BCUT2D eigenvalue weighted by Crippen LogP contribution is 2.37. The van der Waals surface area contributed by atoms with Gasteiger partial charge in [-0.1, -0.05) is 24.3 Å². The van der Waals surface area contributed by atoms with Crippen molar-refractivity contribution in [2.75, 3.05) is 49.5 Å². The summed E-state index contributed by atoms with van der Waals surface area (Å²) in [5, 5.41) is 3.07. The fourth-order valence-electron chi connectivity index (χ4n) is 4.58. The monoisotopic (exact) mass is 540 g/mol. The van der Waals surface area contributed by atoms with Crippen molar-refractivity contribution in [2.45, 2.75) is 47.0 Å². The smallest absolute Gasteiger partial charge is 0.286 e. The van der Waals surface area contributed by atoms with Gasteiger partial charge in [0.1, 0.15) is 0 Å². The molecule has 36 heavy (non-hydrogen) atoms. The fraction of sp³-hybridized carbons (Fsp3) is 0.481. The van der Waals surface area contributed by atoms with Gasteiger partial charge in [-0.15, -0.1) is 0 Å². The van der Waals surface area contributed by atoms with Gasteiger partial charge in [-0.25, -0.2) is 0 Å². The lowest BCUT2D eigenvalue weighted by atomic mass is 10.0. The molecule has 0 aliphatic carbocycles. The minimum absolute atomic E-state index is 0. The third-order valence-corrected chi connectivity index (χ3v) is 6.86. The average molecular weight is 542 g/mol. The van der Waals surface area contributed by atoms with Crippen LogP contribution in [0.15, 0.2) is 42.5 Å². The lowest BCUT2D eigenvalue weighted by molar-refractivity contribution is -0.895. The highest BCUT2D eigenvalue weighted by molar-refractivity contribution is 6.03. The molecule has 2 aromatic carbocycles. The number of benzene rings is 2. The number of amides is 2. The van der Waals surface area contributed by atoms with Gasteiger partial charge in [0.2, 0.25) is 5.91 Å².